The molecule has 0 saturated heterocycles. The number of nitrogens with zero attached hydrogens (tertiary/aromatic N) is 2. The highest BCUT2D eigenvalue weighted by Gasteiger charge is 2.14. The molecule has 0 N–H and O–H groups in total. The van der Waals surface area contributed by atoms with Crippen molar-refractivity contribution in [3.8, 4) is 11.1 Å². The van der Waals surface area contributed by atoms with E-state index in [9.17, 15) is 0 Å². The fourth-order valence-electron chi connectivity index (χ4n) is 5.02. The van der Waals surface area contributed by atoms with Crippen molar-refractivity contribution in [2.45, 2.75) is 6.92 Å². The second kappa shape index (κ2) is 12.2. The van der Waals surface area contributed by atoms with Gasteiger partial charge in [0.1, 0.15) is 0 Å². The minimum absolute atomic E-state index is 1.06. The summed E-state index contributed by atoms with van der Waals surface area (Å²) in [6.07, 6.45) is 0. The van der Waals surface area contributed by atoms with Crippen molar-refractivity contribution in [1.29, 1.82) is 0 Å². The molecular formula is C37H28Br2N2. The first-order valence-electron chi connectivity index (χ1n) is 13.5. The standard InChI is InChI=1S/C37H28Br2N2/c1-27-6-5-9-37(26-27)41(32-7-3-2-4-8-32)34-20-12-29(13-21-34)28-10-18-33(19-11-28)40(35-22-14-30(38)15-23-35)36-24-16-31(39)17-25-36/h2-26H,1H3. The van der Waals surface area contributed by atoms with E-state index in [2.05, 4.69) is 200 Å². The van der Waals surface area contributed by atoms with Crippen LogP contribution in [0.4, 0.5) is 34.1 Å². The van der Waals surface area contributed by atoms with E-state index in [0.717, 1.165) is 43.1 Å². The summed E-state index contributed by atoms with van der Waals surface area (Å²) in [5.74, 6) is 0. The second-order valence-corrected chi connectivity index (χ2v) is 11.7. The van der Waals surface area contributed by atoms with Crippen molar-refractivity contribution in [3.63, 3.8) is 0 Å². The minimum atomic E-state index is 1.06. The molecule has 0 bridgehead atoms. The summed E-state index contributed by atoms with van der Waals surface area (Å²) in [5.41, 5.74) is 10.3. The van der Waals surface area contributed by atoms with Gasteiger partial charge < -0.3 is 9.80 Å². The van der Waals surface area contributed by atoms with Gasteiger partial charge >= 0.3 is 0 Å². The van der Waals surface area contributed by atoms with E-state index < -0.39 is 0 Å². The molecule has 0 unspecified atom stereocenters. The lowest BCUT2D eigenvalue weighted by Gasteiger charge is -2.26. The van der Waals surface area contributed by atoms with Crippen LogP contribution in [0.25, 0.3) is 11.1 Å². The van der Waals surface area contributed by atoms with Crippen molar-refractivity contribution in [2.75, 3.05) is 9.80 Å². The van der Waals surface area contributed by atoms with Crippen LogP contribution in [0.2, 0.25) is 0 Å². The molecule has 0 aliphatic heterocycles. The monoisotopic (exact) mass is 658 g/mol. The number of aryl methyl sites for hydroxylation is 1. The molecule has 0 spiro atoms. The molecule has 0 fully saturated rings. The van der Waals surface area contributed by atoms with Gasteiger partial charge in [-0.25, -0.2) is 0 Å². The molecule has 6 aromatic rings. The van der Waals surface area contributed by atoms with Crippen LogP contribution in [-0.2, 0) is 0 Å². The van der Waals surface area contributed by atoms with Crippen LogP contribution in [-0.4, -0.2) is 0 Å². The zero-order valence-electron chi connectivity index (χ0n) is 22.6. The molecule has 0 heterocycles. The minimum Gasteiger partial charge on any atom is -0.311 e. The Balaban J connectivity index is 1.32. The molecule has 6 aromatic carbocycles. The molecule has 0 saturated carbocycles. The molecule has 4 heteroatoms. The number of para-hydroxylation sites is 1. The van der Waals surface area contributed by atoms with E-state index in [1.807, 2.05) is 0 Å². The Kier molecular flexibility index (Phi) is 8.04. The summed E-state index contributed by atoms with van der Waals surface area (Å²) in [6.45, 7) is 2.13. The van der Waals surface area contributed by atoms with Gasteiger partial charge in [-0.15, -0.1) is 0 Å². The van der Waals surface area contributed by atoms with Crippen LogP contribution in [0, 0.1) is 6.92 Å². The zero-order chi connectivity index (χ0) is 28.2. The Morgan fingerprint density at radius 1 is 0.366 bits per heavy atom. The smallest absolute Gasteiger partial charge is 0.0464 e. The van der Waals surface area contributed by atoms with Gasteiger partial charge in [-0.2, -0.15) is 0 Å². The molecule has 0 aliphatic rings. The van der Waals surface area contributed by atoms with Crippen LogP contribution in [0.5, 0.6) is 0 Å². The molecule has 0 aromatic heterocycles. The average Bonchev–Trinajstić information content (AvgIpc) is 3.01. The van der Waals surface area contributed by atoms with Gasteiger partial charge in [0.2, 0.25) is 0 Å². The van der Waals surface area contributed by atoms with Gasteiger partial charge in [0.05, 0.1) is 0 Å². The first-order valence-corrected chi connectivity index (χ1v) is 15.1. The van der Waals surface area contributed by atoms with Crippen molar-refractivity contribution < 1.29 is 0 Å². The lowest BCUT2D eigenvalue weighted by Crippen LogP contribution is -2.10. The predicted octanol–water partition coefficient (Wildman–Crippen LogP) is 12.1. The number of halogens is 2. The van der Waals surface area contributed by atoms with Crippen LogP contribution < -0.4 is 9.80 Å². The highest BCUT2D eigenvalue weighted by Crippen LogP contribution is 2.38. The Morgan fingerprint density at radius 3 is 1.17 bits per heavy atom. The third-order valence-corrected chi connectivity index (χ3v) is 8.09. The van der Waals surface area contributed by atoms with E-state index in [1.165, 1.54) is 16.7 Å². The van der Waals surface area contributed by atoms with Crippen molar-refractivity contribution in [2.24, 2.45) is 0 Å². The van der Waals surface area contributed by atoms with Gasteiger partial charge in [-0.1, -0.05) is 86.5 Å². The van der Waals surface area contributed by atoms with E-state index >= 15 is 0 Å². The predicted molar refractivity (Wildman–Crippen MR) is 181 cm³/mol. The highest BCUT2D eigenvalue weighted by atomic mass is 79.9. The third-order valence-electron chi connectivity index (χ3n) is 7.03. The molecule has 6 rings (SSSR count). The summed E-state index contributed by atoms with van der Waals surface area (Å²) in [7, 11) is 0. The van der Waals surface area contributed by atoms with Crippen LogP contribution >= 0.6 is 31.9 Å². The quantitative estimate of drug-likeness (QED) is 0.168. The molecule has 0 amide bonds. The maximum Gasteiger partial charge on any atom is 0.0464 e. The van der Waals surface area contributed by atoms with E-state index in [4.69, 9.17) is 0 Å². The van der Waals surface area contributed by atoms with Gasteiger partial charge in [-0.3, -0.25) is 0 Å². The molecule has 200 valence electrons. The topological polar surface area (TPSA) is 6.48 Å². The molecule has 2 nitrogen and oxygen atoms in total. The molecular weight excluding hydrogens is 632 g/mol. The normalized spacial score (nSPS) is 10.8. The number of rotatable bonds is 7. The largest absolute Gasteiger partial charge is 0.311 e. The summed E-state index contributed by atoms with van der Waals surface area (Å²) in [4.78, 5) is 4.57. The van der Waals surface area contributed by atoms with Gasteiger partial charge in [0.25, 0.3) is 0 Å². The first kappa shape index (κ1) is 27.1. The Hall–Kier alpha value is -4.12. The molecule has 0 radical (unpaired) electrons. The number of benzene rings is 6. The van der Waals surface area contributed by atoms with Gasteiger partial charge in [0, 0.05) is 43.1 Å². The van der Waals surface area contributed by atoms with E-state index in [-0.39, 0.29) is 0 Å². The van der Waals surface area contributed by atoms with Crippen LogP contribution in [0.3, 0.4) is 0 Å². The highest BCUT2D eigenvalue weighted by molar-refractivity contribution is 9.10. The average molecular weight is 660 g/mol. The maximum absolute atomic E-state index is 3.57. The van der Waals surface area contributed by atoms with Gasteiger partial charge in [0.15, 0.2) is 0 Å². The third kappa shape index (κ3) is 6.14. The zero-order valence-corrected chi connectivity index (χ0v) is 25.8. The SMILES string of the molecule is Cc1cccc(N(c2ccccc2)c2ccc(-c3ccc(N(c4ccc(Br)cc4)c4ccc(Br)cc4)cc3)cc2)c1. The summed E-state index contributed by atoms with van der Waals surface area (Å²) in [5, 5.41) is 0. The Labute approximate surface area is 258 Å². The van der Waals surface area contributed by atoms with Crippen molar-refractivity contribution >= 4 is 66.0 Å². The first-order chi connectivity index (χ1) is 20.0. The second-order valence-electron chi connectivity index (χ2n) is 9.89. The fourth-order valence-corrected chi connectivity index (χ4v) is 5.55. The van der Waals surface area contributed by atoms with Crippen LogP contribution in [0.15, 0.2) is 161 Å². The van der Waals surface area contributed by atoms with Crippen molar-refractivity contribution in [1.82, 2.24) is 0 Å². The molecule has 41 heavy (non-hydrogen) atoms. The number of anilines is 6. The Morgan fingerprint density at radius 2 is 0.732 bits per heavy atom. The summed E-state index contributed by atoms with van der Waals surface area (Å²) < 4.78 is 2.12. The lowest BCUT2D eigenvalue weighted by atomic mass is 10.0. The summed E-state index contributed by atoms with van der Waals surface area (Å²) >= 11 is 7.14. The molecule has 0 aliphatic carbocycles. The van der Waals surface area contributed by atoms with E-state index in [0.29, 0.717) is 0 Å². The Bertz CT molecular complexity index is 1680. The fraction of sp³-hybridized carbons (Fsp3) is 0.0270. The number of hydrogen-bond donors (Lipinski definition) is 0. The molecule has 0 atom stereocenters. The number of hydrogen-bond acceptors (Lipinski definition) is 2. The summed E-state index contributed by atoms with van der Waals surface area (Å²) in [6, 6.07) is 53.6. The maximum atomic E-state index is 3.57. The lowest BCUT2D eigenvalue weighted by molar-refractivity contribution is 1.27. The van der Waals surface area contributed by atoms with Crippen molar-refractivity contribution in [3.05, 3.63) is 166 Å². The van der Waals surface area contributed by atoms with Crippen LogP contribution in [0.1, 0.15) is 5.56 Å². The van der Waals surface area contributed by atoms with E-state index in [1.54, 1.807) is 0 Å². The van der Waals surface area contributed by atoms with Gasteiger partial charge in [-0.05, 0) is 121 Å².